The van der Waals surface area contributed by atoms with Gasteiger partial charge in [-0.2, -0.15) is 0 Å². The van der Waals surface area contributed by atoms with Crippen molar-refractivity contribution >= 4 is 6.09 Å². The molecule has 184 valence electrons. The Bertz CT molecular complexity index is 1020. The normalized spacial score (nSPS) is 21.3. The molecule has 8 heteroatoms. The lowest BCUT2D eigenvalue weighted by Gasteiger charge is -2.32. The molecule has 2 fully saturated rings. The van der Waals surface area contributed by atoms with Gasteiger partial charge in [0.05, 0.1) is 17.4 Å². The summed E-state index contributed by atoms with van der Waals surface area (Å²) >= 11 is 0. The van der Waals surface area contributed by atoms with Crippen molar-refractivity contribution in [3.63, 3.8) is 0 Å². The van der Waals surface area contributed by atoms with Crippen LogP contribution in [-0.2, 0) is 4.74 Å². The molecule has 0 aromatic carbocycles. The topological polar surface area (TPSA) is 86.7 Å². The highest BCUT2D eigenvalue weighted by molar-refractivity contribution is 5.69. The Kier molecular flexibility index (Phi) is 6.96. The molecule has 3 heterocycles. The van der Waals surface area contributed by atoms with Gasteiger partial charge in [0.25, 0.3) is 0 Å². The molecule has 2 aliphatic rings. The molecule has 0 spiro atoms. The van der Waals surface area contributed by atoms with Crippen molar-refractivity contribution in [2.75, 3.05) is 0 Å². The Hall–Kier alpha value is -2.90. The Morgan fingerprint density at radius 1 is 1.15 bits per heavy atom. The molecule has 0 N–H and O–H groups in total. The van der Waals surface area contributed by atoms with Crippen LogP contribution in [0.1, 0.15) is 83.9 Å². The number of nitrogens with zero attached hydrogens (tertiary/aromatic N) is 4. The fourth-order valence-corrected chi connectivity index (χ4v) is 4.47. The number of pyridine rings is 1. The quantitative estimate of drug-likeness (QED) is 0.508. The van der Waals surface area contributed by atoms with Crippen molar-refractivity contribution in [1.29, 1.82) is 0 Å². The van der Waals surface area contributed by atoms with Gasteiger partial charge in [-0.25, -0.2) is 14.8 Å². The van der Waals surface area contributed by atoms with Crippen molar-refractivity contribution < 1.29 is 19.0 Å². The number of hydrogen-bond acceptors (Lipinski definition) is 7. The van der Waals surface area contributed by atoms with Gasteiger partial charge in [0.15, 0.2) is 5.75 Å². The van der Waals surface area contributed by atoms with Gasteiger partial charge in [0.1, 0.15) is 11.9 Å². The number of carbonyl (C=O) groups is 1. The van der Waals surface area contributed by atoms with Crippen LogP contribution in [0.2, 0.25) is 0 Å². The highest BCUT2D eigenvalue weighted by Gasteiger charge is 2.38. The SMILES string of the molecule is Cc1c(Oc2cccnc2C2CC2)ncnc1O[C@@H](C)CC1CCC(C)N1C(=O)OC(C)(C)C. The van der Waals surface area contributed by atoms with Crippen LogP contribution in [0.5, 0.6) is 17.5 Å². The summed E-state index contributed by atoms with van der Waals surface area (Å²) in [4.78, 5) is 27.8. The molecule has 1 saturated carbocycles. The Labute approximate surface area is 202 Å². The van der Waals surface area contributed by atoms with E-state index in [0.717, 1.165) is 42.7 Å². The van der Waals surface area contributed by atoms with E-state index < -0.39 is 5.60 Å². The van der Waals surface area contributed by atoms with Crippen molar-refractivity contribution in [3.05, 3.63) is 35.9 Å². The molecule has 8 nitrogen and oxygen atoms in total. The molecule has 2 aromatic rings. The summed E-state index contributed by atoms with van der Waals surface area (Å²) in [7, 11) is 0. The zero-order chi connectivity index (χ0) is 24.5. The monoisotopic (exact) mass is 468 g/mol. The highest BCUT2D eigenvalue weighted by atomic mass is 16.6. The molecule has 1 aliphatic heterocycles. The van der Waals surface area contributed by atoms with Gasteiger partial charge < -0.3 is 19.1 Å². The first-order valence-electron chi connectivity index (χ1n) is 12.2. The predicted octanol–water partition coefficient (Wildman–Crippen LogP) is 5.80. The third-order valence-corrected chi connectivity index (χ3v) is 6.27. The average Bonchev–Trinajstić information content (AvgIpc) is 3.53. The number of rotatable bonds is 7. The minimum atomic E-state index is -0.520. The van der Waals surface area contributed by atoms with Gasteiger partial charge in [-0.05, 0) is 79.4 Å². The lowest BCUT2D eigenvalue weighted by atomic mass is 10.1. The largest absolute Gasteiger partial charge is 0.474 e. The molecule has 3 atom stereocenters. The average molecular weight is 469 g/mol. The van der Waals surface area contributed by atoms with Gasteiger partial charge >= 0.3 is 6.09 Å². The first-order chi connectivity index (χ1) is 16.1. The summed E-state index contributed by atoms with van der Waals surface area (Å²) in [6, 6.07) is 4.01. The van der Waals surface area contributed by atoms with E-state index in [-0.39, 0.29) is 24.3 Å². The zero-order valence-electron chi connectivity index (χ0n) is 21.1. The molecular weight excluding hydrogens is 432 g/mol. The number of ether oxygens (including phenoxy) is 3. The second-order valence-corrected chi connectivity index (χ2v) is 10.5. The molecule has 4 rings (SSSR count). The number of carbonyl (C=O) groups excluding carboxylic acids is 1. The number of likely N-dealkylation sites (tertiary alicyclic amines) is 1. The lowest BCUT2D eigenvalue weighted by molar-refractivity contribution is 0.0124. The molecule has 0 bridgehead atoms. The van der Waals surface area contributed by atoms with Crippen molar-refractivity contribution in [2.24, 2.45) is 0 Å². The van der Waals surface area contributed by atoms with E-state index in [1.165, 1.54) is 6.33 Å². The second kappa shape index (κ2) is 9.76. The van der Waals surface area contributed by atoms with Crippen LogP contribution in [0.15, 0.2) is 24.7 Å². The zero-order valence-corrected chi connectivity index (χ0v) is 21.1. The summed E-state index contributed by atoms with van der Waals surface area (Å²) in [6.07, 6.45) is 7.71. The van der Waals surface area contributed by atoms with Crippen LogP contribution >= 0.6 is 0 Å². The summed E-state index contributed by atoms with van der Waals surface area (Å²) in [5.74, 6) is 2.16. The molecule has 0 radical (unpaired) electrons. The summed E-state index contributed by atoms with van der Waals surface area (Å²) in [5.41, 5.74) is 1.20. The van der Waals surface area contributed by atoms with E-state index in [0.29, 0.717) is 24.1 Å². The third kappa shape index (κ3) is 5.77. The highest BCUT2D eigenvalue weighted by Crippen LogP contribution is 2.44. The van der Waals surface area contributed by atoms with Crippen molar-refractivity contribution in [1.82, 2.24) is 19.9 Å². The van der Waals surface area contributed by atoms with Gasteiger partial charge in [0.2, 0.25) is 11.8 Å². The minimum Gasteiger partial charge on any atom is -0.474 e. The van der Waals surface area contributed by atoms with E-state index in [1.807, 2.05) is 51.7 Å². The molecular formula is C26H36N4O4. The van der Waals surface area contributed by atoms with Crippen LogP contribution < -0.4 is 9.47 Å². The van der Waals surface area contributed by atoms with E-state index >= 15 is 0 Å². The van der Waals surface area contributed by atoms with Gasteiger partial charge in [0, 0.05) is 30.6 Å². The Balaban J connectivity index is 1.42. The molecule has 2 unspecified atom stereocenters. The maximum Gasteiger partial charge on any atom is 0.410 e. The van der Waals surface area contributed by atoms with E-state index in [1.54, 1.807) is 6.20 Å². The first-order valence-corrected chi connectivity index (χ1v) is 12.2. The summed E-state index contributed by atoms with van der Waals surface area (Å²) in [5, 5.41) is 0. The fourth-order valence-electron chi connectivity index (χ4n) is 4.47. The lowest BCUT2D eigenvalue weighted by Crippen LogP contribution is -2.44. The van der Waals surface area contributed by atoms with Gasteiger partial charge in [-0.15, -0.1) is 0 Å². The van der Waals surface area contributed by atoms with E-state index in [2.05, 4.69) is 21.9 Å². The predicted molar refractivity (Wildman–Crippen MR) is 128 cm³/mol. The van der Waals surface area contributed by atoms with E-state index in [4.69, 9.17) is 14.2 Å². The Morgan fingerprint density at radius 2 is 1.88 bits per heavy atom. The molecule has 1 aliphatic carbocycles. The van der Waals surface area contributed by atoms with Crippen molar-refractivity contribution in [3.8, 4) is 17.5 Å². The molecule has 34 heavy (non-hydrogen) atoms. The van der Waals surface area contributed by atoms with Gasteiger partial charge in [-0.1, -0.05) is 0 Å². The Morgan fingerprint density at radius 3 is 2.59 bits per heavy atom. The van der Waals surface area contributed by atoms with Crippen LogP contribution in [0.25, 0.3) is 0 Å². The standard InChI is InChI=1S/C26H36N4O4/c1-16-9-12-20(30(16)25(31)34-26(4,5)6)14-17(2)32-23-18(3)24(29-15-28-23)33-21-8-7-13-27-22(21)19-10-11-19/h7-8,13,15-17,19-20H,9-12,14H2,1-6H3/t16?,17-,20?/m0/s1. The minimum absolute atomic E-state index is 0.0641. The molecule has 1 saturated heterocycles. The van der Waals surface area contributed by atoms with Crippen LogP contribution in [0.3, 0.4) is 0 Å². The van der Waals surface area contributed by atoms with Crippen LogP contribution in [0.4, 0.5) is 4.79 Å². The number of hydrogen-bond donors (Lipinski definition) is 0. The number of aromatic nitrogens is 3. The third-order valence-electron chi connectivity index (χ3n) is 6.27. The summed E-state index contributed by atoms with van der Waals surface area (Å²) in [6.45, 7) is 11.6. The number of amides is 1. The maximum atomic E-state index is 12.8. The van der Waals surface area contributed by atoms with Crippen LogP contribution in [-0.4, -0.2) is 49.7 Å². The smallest absolute Gasteiger partial charge is 0.410 e. The molecule has 1 amide bonds. The first kappa shape index (κ1) is 24.2. The van der Waals surface area contributed by atoms with E-state index in [9.17, 15) is 4.79 Å². The molecule has 2 aromatic heterocycles. The summed E-state index contributed by atoms with van der Waals surface area (Å²) < 4.78 is 18.0. The van der Waals surface area contributed by atoms with Crippen LogP contribution in [0, 0.1) is 6.92 Å². The maximum absolute atomic E-state index is 12.8. The van der Waals surface area contributed by atoms with Gasteiger partial charge in [-0.3, -0.25) is 4.98 Å². The fraction of sp³-hybridized carbons (Fsp3) is 0.615. The van der Waals surface area contributed by atoms with Crippen molar-refractivity contribution in [2.45, 2.75) is 103 Å². The second-order valence-electron chi connectivity index (χ2n) is 10.5.